The van der Waals surface area contributed by atoms with Gasteiger partial charge in [0.25, 0.3) is 0 Å². The molecule has 1 atom stereocenters. The van der Waals surface area contributed by atoms with E-state index in [2.05, 4.69) is 15.4 Å². The Morgan fingerprint density at radius 3 is 2.63 bits per heavy atom. The molecule has 1 aliphatic heterocycles. The van der Waals surface area contributed by atoms with E-state index in [4.69, 9.17) is 5.73 Å². The average Bonchev–Trinajstić information content (AvgIpc) is 3.02. The number of rotatable bonds is 1. The highest BCUT2D eigenvalue weighted by Gasteiger charge is 2.30. The molecule has 0 fully saturated rings. The number of nitrogens with zero attached hydrogens (tertiary/aromatic N) is 3. The second kappa shape index (κ2) is 5.47. The predicted octanol–water partition coefficient (Wildman–Crippen LogP) is 3.91. The summed E-state index contributed by atoms with van der Waals surface area (Å²) in [5.41, 5.74) is 9.07. The Morgan fingerprint density at radius 1 is 0.963 bits per heavy atom. The minimum absolute atomic E-state index is 0.0125. The van der Waals surface area contributed by atoms with Crippen LogP contribution in [0.4, 0.5) is 24.8 Å². The number of anilines is 2. The molecule has 3 heterocycles. The van der Waals surface area contributed by atoms with Crippen molar-refractivity contribution >= 4 is 17.2 Å². The first-order valence-electron chi connectivity index (χ1n) is 8.18. The number of aromatic nitrogens is 3. The van der Waals surface area contributed by atoms with Crippen LogP contribution in [0.5, 0.6) is 0 Å². The van der Waals surface area contributed by atoms with E-state index < -0.39 is 23.5 Å². The van der Waals surface area contributed by atoms with Gasteiger partial charge in [0, 0.05) is 28.6 Å². The molecule has 0 amide bonds. The Balaban J connectivity index is 1.86. The van der Waals surface area contributed by atoms with Crippen molar-refractivity contribution in [1.82, 2.24) is 14.6 Å². The second-order valence-corrected chi connectivity index (χ2v) is 6.27. The van der Waals surface area contributed by atoms with Crippen molar-refractivity contribution in [2.45, 2.75) is 6.04 Å². The molecule has 0 spiro atoms. The summed E-state index contributed by atoms with van der Waals surface area (Å²) < 4.78 is 43.4. The highest BCUT2D eigenvalue weighted by Crippen LogP contribution is 2.42. The highest BCUT2D eigenvalue weighted by molar-refractivity contribution is 5.90. The van der Waals surface area contributed by atoms with Crippen molar-refractivity contribution < 1.29 is 13.2 Å². The van der Waals surface area contributed by atoms with Crippen LogP contribution in [0, 0.1) is 17.5 Å². The third kappa shape index (κ3) is 2.19. The summed E-state index contributed by atoms with van der Waals surface area (Å²) in [6, 6.07) is 10.4. The van der Waals surface area contributed by atoms with Crippen molar-refractivity contribution in [2.24, 2.45) is 0 Å². The molecule has 1 unspecified atom stereocenters. The zero-order valence-corrected chi connectivity index (χ0v) is 13.7. The maximum absolute atomic E-state index is 14.6. The first-order chi connectivity index (χ1) is 13.0. The largest absolute Gasteiger partial charge is 0.373 e. The molecule has 0 saturated heterocycles. The Hall–Kier alpha value is -3.55. The standard InChI is InChI=1S/C19H12F3N5/c20-12-6-5-10(14(21)15(12)22)16-11-7-8-27-18(11)17(25-19(23)26-27)9-3-1-2-4-13(9)24-16/h1-8,16,24H,(H2,23,26). The monoisotopic (exact) mass is 367 g/mol. The topological polar surface area (TPSA) is 68.2 Å². The number of para-hydroxylation sites is 1. The van der Waals surface area contributed by atoms with Crippen LogP contribution in [0.3, 0.4) is 0 Å². The smallest absolute Gasteiger partial charge is 0.238 e. The van der Waals surface area contributed by atoms with Gasteiger partial charge in [-0.05, 0) is 18.2 Å². The van der Waals surface area contributed by atoms with E-state index in [0.717, 1.165) is 11.6 Å². The van der Waals surface area contributed by atoms with Crippen molar-refractivity contribution in [1.29, 1.82) is 0 Å². The Morgan fingerprint density at radius 2 is 1.78 bits per heavy atom. The molecule has 0 radical (unpaired) electrons. The number of halogens is 3. The normalized spacial score (nSPS) is 15.3. The van der Waals surface area contributed by atoms with Crippen molar-refractivity contribution in [2.75, 3.05) is 11.1 Å². The minimum Gasteiger partial charge on any atom is -0.373 e. The lowest BCUT2D eigenvalue weighted by atomic mass is 9.99. The maximum atomic E-state index is 14.6. The molecule has 27 heavy (non-hydrogen) atoms. The Labute approximate surface area is 151 Å². The number of hydrogen-bond donors (Lipinski definition) is 2. The van der Waals surface area contributed by atoms with E-state index in [1.807, 2.05) is 18.2 Å². The van der Waals surface area contributed by atoms with Gasteiger partial charge in [0.1, 0.15) is 5.69 Å². The van der Waals surface area contributed by atoms with Crippen molar-refractivity contribution in [3.05, 3.63) is 77.2 Å². The molecule has 1 aliphatic rings. The van der Waals surface area contributed by atoms with Crippen molar-refractivity contribution in [3.8, 4) is 11.3 Å². The van der Waals surface area contributed by atoms with E-state index in [9.17, 15) is 13.2 Å². The van der Waals surface area contributed by atoms with E-state index in [0.29, 0.717) is 22.5 Å². The molecule has 0 saturated carbocycles. The summed E-state index contributed by atoms with van der Waals surface area (Å²) in [4.78, 5) is 4.37. The average molecular weight is 367 g/mol. The lowest BCUT2D eigenvalue weighted by Crippen LogP contribution is -2.14. The van der Waals surface area contributed by atoms with Crippen LogP contribution in [-0.4, -0.2) is 14.6 Å². The second-order valence-electron chi connectivity index (χ2n) is 6.27. The molecule has 5 nitrogen and oxygen atoms in total. The van der Waals surface area contributed by atoms with Gasteiger partial charge in [0.15, 0.2) is 17.5 Å². The van der Waals surface area contributed by atoms with Gasteiger partial charge in [-0.1, -0.05) is 24.3 Å². The molecule has 0 aliphatic carbocycles. The first-order valence-corrected chi connectivity index (χ1v) is 8.18. The molecule has 2 aromatic heterocycles. The number of nitrogens with two attached hydrogens (primary N) is 1. The Bertz CT molecular complexity index is 1220. The van der Waals surface area contributed by atoms with Gasteiger partial charge in [-0.3, -0.25) is 0 Å². The number of nitrogens with one attached hydrogen (secondary N) is 1. The van der Waals surface area contributed by atoms with Crippen LogP contribution in [0.15, 0.2) is 48.7 Å². The zero-order valence-electron chi connectivity index (χ0n) is 13.7. The summed E-state index contributed by atoms with van der Waals surface area (Å²) in [5.74, 6) is -3.88. The van der Waals surface area contributed by atoms with Gasteiger partial charge >= 0.3 is 0 Å². The van der Waals surface area contributed by atoms with E-state index >= 15 is 0 Å². The van der Waals surface area contributed by atoms with E-state index in [1.165, 1.54) is 6.07 Å². The summed E-state index contributed by atoms with van der Waals surface area (Å²) in [6.45, 7) is 0. The van der Waals surface area contributed by atoms with Gasteiger partial charge in [0.05, 0.1) is 11.6 Å². The fourth-order valence-corrected chi connectivity index (χ4v) is 3.54. The number of benzene rings is 2. The van der Waals surface area contributed by atoms with Crippen LogP contribution in [0.1, 0.15) is 17.2 Å². The Kier molecular flexibility index (Phi) is 3.18. The van der Waals surface area contributed by atoms with Crippen LogP contribution >= 0.6 is 0 Å². The minimum atomic E-state index is -1.50. The third-order valence-electron chi connectivity index (χ3n) is 4.73. The van der Waals surface area contributed by atoms with Crippen LogP contribution in [0.25, 0.3) is 16.8 Å². The summed E-state index contributed by atoms with van der Waals surface area (Å²) in [6.07, 6.45) is 1.67. The lowest BCUT2D eigenvalue weighted by molar-refractivity contribution is 0.440. The predicted molar refractivity (Wildman–Crippen MR) is 94.6 cm³/mol. The van der Waals surface area contributed by atoms with Gasteiger partial charge < -0.3 is 11.1 Å². The molecule has 4 aromatic rings. The molecular weight excluding hydrogens is 355 g/mol. The van der Waals surface area contributed by atoms with Gasteiger partial charge in [-0.25, -0.2) is 22.7 Å². The SMILES string of the molecule is Nc1nc2c3c(ccn3n1)C(c1ccc(F)c(F)c1F)Nc1ccccc1-2. The van der Waals surface area contributed by atoms with Crippen molar-refractivity contribution in [3.63, 3.8) is 0 Å². The third-order valence-corrected chi connectivity index (χ3v) is 4.73. The molecule has 0 bridgehead atoms. The quantitative estimate of drug-likeness (QED) is 0.501. The number of fused-ring (bicyclic) bond motifs is 2. The van der Waals surface area contributed by atoms with Crippen LogP contribution in [0.2, 0.25) is 0 Å². The lowest BCUT2D eigenvalue weighted by Gasteiger charge is -2.20. The molecule has 5 rings (SSSR count). The van der Waals surface area contributed by atoms with E-state index in [1.54, 1.807) is 22.8 Å². The molecule has 8 heteroatoms. The fraction of sp³-hybridized carbons (Fsp3) is 0.0526. The molecular formula is C19H12F3N5. The summed E-state index contributed by atoms with van der Waals surface area (Å²) in [5, 5.41) is 7.39. The summed E-state index contributed by atoms with van der Waals surface area (Å²) in [7, 11) is 0. The fourth-order valence-electron chi connectivity index (χ4n) is 3.54. The van der Waals surface area contributed by atoms with Gasteiger partial charge in [-0.2, -0.15) is 0 Å². The highest BCUT2D eigenvalue weighted by atomic mass is 19.2. The maximum Gasteiger partial charge on any atom is 0.238 e. The summed E-state index contributed by atoms with van der Waals surface area (Å²) >= 11 is 0. The molecule has 2 aromatic carbocycles. The number of nitrogen functional groups attached to an aromatic ring is 1. The molecule has 3 N–H and O–H groups in total. The van der Waals surface area contributed by atoms with Crippen LogP contribution in [-0.2, 0) is 0 Å². The van der Waals surface area contributed by atoms with E-state index in [-0.39, 0.29) is 11.5 Å². The zero-order chi connectivity index (χ0) is 18.7. The van der Waals surface area contributed by atoms with Gasteiger partial charge in [-0.15, -0.1) is 5.10 Å². The van der Waals surface area contributed by atoms with Gasteiger partial charge in [0.2, 0.25) is 5.95 Å². The first kappa shape index (κ1) is 15.7. The molecule has 134 valence electrons. The van der Waals surface area contributed by atoms with Crippen LogP contribution < -0.4 is 11.1 Å². The number of hydrogen-bond acceptors (Lipinski definition) is 4.